The quantitative estimate of drug-likeness (QED) is 0.408. The van der Waals surface area contributed by atoms with Gasteiger partial charge in [0.1, 0.15) is 17.6 Å². The minimum Gasteiger partial charge on any atom is -0.356 e. The van der Waals surface area contributed by atoms with Gasteiger partial charge in [0, 0.05) is 24.8 Å². The Morgan fingerprint density at radius 3 is 2.68 bits per heavy atom. The molecule has 2 aromatic heterocycles. The van der Waals surface area contributed by atoms with E-state index >= 15 is 0 Å². The van der Waals surface area contributed by atoms with Crippen molar-refractivity contribution in [2.75, 3.05) is 19.6 Å². The first-order chi connectivity index (χ1) is 16.4. The van der Waals surface area contributed by atoms with Crippen molar-refractivity contribution < 1.29 is 19.2 Å². The van der Waals surface area contributed by atoms with Crippen LogP contribution in [0.5, 0.6) is 0 Å². The van der Waals surface area contributed by atoms with E-state index in [2.05, 4.69) is 25.8 Å². The molecule has 12 nitrogen and oxygen atoms in total. The third kappa shape index (κ3) is 3.62. The van der Waals surface area contributed by atoms with Gasteiger partial charge in [0.2, 0.25) is 0 Å². The molecule has 2 aliphatic heterocycles. The molecule has 2 aliphatic rings. The molecule has 5 rings (SSSR count). The number of benzene rings is 1. The number of aromatic nitrogens is 5. The SMILES string of the molecule is C[C@]1(c2cccc(-n3cnnn3)c2)NC(=O)N(CC(=O)c2c[nH]c(C(=O)N3CCCC3)c2)C1=O. The first kappa shape index (κ1) is 21.5. The molecule has 4 heterocycles. The zero-order chi connectivity index (χ0) is 23.9. The fraction of sp³-hybridized carbons (Fsp3) is 0.318. The number of rotatable bonds is 6. The molecule has 0 radical (unpaired) electrons. The highest BCUT2D eigenvalue weighted by Gasteiger charge is 2.49. The zero-order valence-electron chi connectivity index (χ0n) is 18.4. The highest BCUT2D eigenvalue weighted by Crippen LogP contribution is 2.30. The monoisotopic (exact) mass is 462 g/mol. The lowest BCUT2D eigenvalue weighted by molar-refractivity contribution is -0.130. The summed E-state index contributed by atoms with van der Waals surface area (Å²) in [5.41, 5.74) is 0.317. The van der Waals surface area contributed by atoms with Gasteiger partial charge in [-0.1, -0.05) is 12.1 Å². The minimum atomic E-state index is -1.36. The molecule has 4 amide bonds. The van der Waals surface area contributed by atoms with Gasteiger partial charge in [-0.05, 0) is 54.0 Å². The molecular weight excluding hydrogens is 440 g/mol. The van der Waals surface area contributed by atoms with Crippen molar-refractivity contribution >= 4 is 23.6 Å². The van der Waals surface area contributed by atoms with E-state index in [1.165, 1.54) is 23.3 Å². The normalized spacial score (nSPS) is 20.1. The molecule has 34 heavy (non-hydrogen) atoms. The number of ketones is 1. The third-order valence-corrected chi connectivity index (χ3v) is 6.24. The Hall–Kier alpha value is -4.35. The lowest BCUT2D eigenvalue weighted by Gasteiger charge is -2.22. The molecule has 0 unspecified atom stereocenters. The number of Topliss-reactive ketones (excluding diaryl/α,β-unsaturated/α-hetero) is 1. The number of hydrogen-bond donors (Lipinski definition) is 2. The number of urea groups is 1. The van der Waals surface area contributed by atoms with Gasteiger partial charge < -0.3 is 15.2 Å². The lowest BCUT2D eigenvalue weighted by atomic mass is 9.91. The second kappa shape index (κ2) is 8.21. The predicted octanol–water partition coefficient (Wildman–Crippen LogP) is 0.876. The average Bonchev–Trinajstić information content (AvgIpc) is 3.65. The van der Waals surface area contributed by atoms with Gasteiger partial charge in [0.05, 0.1) is 12.2 Å². The Kier molecular flexibility index (Phi) is 5.19. The van der Waals surface area contributed by atoms with Crippen LogP contribution in [0, 0.1) is 0 Å². The maximum absolute atomic E-state index is 13.3. The maximum Gasteiger partial charge on any atom is 0.325 e. The topological polar surface area (TPSA) is 146 Å². The van der Waals surface area contributed by atoms with Gasteiger partial charge in [0.25, 0.3) is 11.8 Å². The van der Waals surface area contributed by atoms with Crippen LogP contribution in [0.2, 0.25) is 0 Å². The van der Waals surface area contributed by atoms with Crippen molar-refractivity contribution in [3.8, 4) is 5.69 Å². The van der Waals surface area contributed by atoms with Crippen LogP contribution in [-0.4, -0.2) is 78.3 Å². The highest BCUT2D eigenvalue weighted by atomic mass is 16.2. The van der Waals surface area contributed by atoms with Crippen molar-refractivity contribution in [2.45, 2.75) is 25.3 Å². The highest BCUT2D eigenvalue weighted by molar-refractivity contribution is 6.11. The van der Waals surface area contributed by atoms with Crippen LogP contribution < -0.4 is 5.32 Å². The summed E-state index contributed by atoms with van der Waals surface area (Å²) in [5.74, 6) is -1.17. The number of hydrogen-bond acceptors (Lipinski definition) is 7. The largest absolute Gasteiger partial charge is 0.356 e. The van der Waals surface area contributed by atoms with Crippen LogP contribution in [0.1, 0.15) is 46.2 Å². The summed E-state index contributed by atoms with van der Waals surface area (Å²) < 4.78 is 1.43. The van der Waals surface area contributed by atoms with E-state index < -0.39 is 29.8 Å². The number of tetrazole rings is 1. The van der Waals surface area contributed by atoms with E-state index in [0.29, 0.717) is 30.0 Å². The fourth-order valence-electron chi connectivity index (χ4n) is 4.28. The molecule has 1 atom stereocenters. The summed E-state index contributed by atoms with van der Waals surface area (Å²) in [4.78, 5) is 56.8. The molecule has 0 saturated carbocycles. The Morgan fingerprint density at radius 1 is 1.15 bits per heavy atom. The van der Waals surface area contributed by atoms with Crippen molar-refractivity contribution in [2.24, 2.45) is 0 Å². The number of likely N-dealkylation sites (tertiary alicyclic amines) is 1. The van der Waals surface area contributed by atoms with E-state index in [9.17, 15) is 19.2 Å². The van der Waals surface area contributed by atoms with Crippen LogP contribution in [0.15, 0.2) is 42.9 Å². The van der Waals surface area contributed by atoms with Gasteiger partial charge in [-0.3, -0.25) is 19.3 Å². The van der Waals surface area contributed by atoms with Gasteiger partial charge in [-0.25, -0.2) is 9.48 Å². The number of nitrogens with one attached hydrogen (secondary N) is 2. The number of carbonyl (C=O) groups excluding carboxylic acids is 4. The Balaban J connectivity index is 1.32. The van der Waals surface area contributed by atoms with E-state index in [-0.39, 0.29) is 11.5 Å². The van der Waals surface area contributed by atoms with Crippen molar-refractivity contribution in [1.29, 1.82) is 0 Å². The molecular formula is C22H22N8O4. The van der Waals surface area contributed by atoms with Crippen molar-refractivity contribution in [3.05, 3.63) is 59.7 Å². The summed E-state index contributed by atoms with van der Waals surface area (Å²) in [5, 5.41) is 13.7. The molecule has 0 aliphatic carbocycles. The summed E-state index contributed by atoms with van der Waals surface area (Å²) in [6, 6.07) is 7.69. The number of aromatic amines is 1. The number of nitrogens with zero attached hydrogens (tertiary/aromatic N) is 6. The smallest absolute Gasteiger partial charge is 0.325 e. The van der Waals surface area contributed by atoms with Crippen LogP contribution in [0.25, 0.3) is 5.69 Å². The molecule has 0 spiro atoms. The summed E-state index contributed by atoms with van der Waals surface area (Å²) >= 11 is 0. The van der Waals surface area contributed by atoms with Crippen LogP contribution >= 0.6 is 0 Å². The average molecular weight is 462 g/mol. The Bertz CT molecular complexity index is 1280. The van der Waals surface area contributed by atoms with E-state index in [4.69, 9.17) is 0 Å². The minimum absolute atomic E-state index is 0.165. The van der Waals surface area contributed by atoms with Crippen molar-refractivity contribution in [1.82, 2.24) is 40.3 Å². The summed E-state index contributed by atoms with van der Waals surface area (Å²) in [7, 11) is 0. The van der Waals surface area contributed by atoms with Crippen molar-refractivity contribution in [3.63, 3.8) is 0 Å². The predicted molar refractivity (Wildman–Crippen MR) is 117 cm³/mol. The molecule has 0 bridgehead atoms. The molecule has 174 valence electrons. The first-order valence-corrected chi connectivity index (χ1v) is 10.9. The van der Waals surface area contributed by atoms with Gasteiger partial charge in [-0.15, -0.1) is 5.10 Å². The standard InChI is InChI=1S/C22H22N8O4/c1-22(15-5-4-6-16(10-15)30-13-24-26-27-30)20(33)29(21(34)25-22)12-18(31)14-9-17(23-11-14)19(32)28-7-2-3-8-28/h4-6,9-11,13,23H,2-3,7-8,12H2,1H3,(H,25,34)/t22-/m1/s1. The van der Waals surface area contributed by atoms with Crippen LogP contribution in [0.4, 0.5) is 4.79 Å². The van der Waals surface area contributed by atoms with Gasteiger partial charge in [0.15, 0.2) is 5.78 Å². The van der Waals surface area contributed by atoms with Gasteiger partial charge >= 0.3 is 6.03 Å². The van der Waals surface area contributed by atoms with E-state index in [1.807, 2.05) is 0 Å². The molecule has 2 fully saturated rings. The third-order valence-electron chi connectivity index (χ3n) is 6.24. The lowest BCUT2D eigenvalue weighted by Crippen LogP contribution is -2.41. The number of amides is 4. The molecule has 2 N–H and O–H groups in total. The Labute approximate surface area is 193 Å². The second-order valence-corrected chi connectivity index (χ2v) is 8.48. The first-order valence-electron chi connectivity index (χ1n) is 10.9. The molecule has 1 aromatic carbocycles. The maximum atomic E-state index is 13.3. The van der Waals surface area contributed by atoms with Crippen LogP contribution in [0.3, 0.4) is 0 Å². The fourth-order valence-corrected chi connectivity index (χ4v) is 4.28. The number of carbonyl (C=O) groups is 4. The molecule has 2 saturated heterocycles. The molecule has 3 aromatic rings. The van der Waals surface area contributed by atoms with Crippen LogP contribution in [-0.2, 0) is 10.3 Å². The summed E-state index contributed by atoms with van der Waals surface area (Å²) in [6.07, 6.45) is 4.77. The summed E-state index contributed by atoms with van der Waals surface area (Å²) in [6.45, 7) is 2.52. The molecule has 12 heteroatoms. The van der Waals surface area contributed by atoms with E-state index in [1.54, 1.807) is 36.1 Å². The zero-order valence-corrected chi connectivity index (χ0v) is 18.4. The number of imide groups is 1. The van der Waals surface area contributed by atoms with E-state index in [0.717, 1.165) is 17.7 Å². The van der Waals surface area contributed by atoms with Gasteiger partial charge in [-0.2, -0.15) is 0 Å². The number of H-pyrrole nitrogens is 1. The second-order valence-electron chi connectivity index (χ2n) is 8.48. The Morgan fingerprint density at radius 2 is 1.94 bits per heavy atom.